The van der Waals surface area contributed by atoms with Crippen molar-refractivity contribution in [2.45, 2.75) is 77.0 Å². The van der Waals surface area contributed by atoms with Gasteiger partial charge in [-0.1, -0.05) is 19.8 Å². The van der Waals surface area contributed by atoms with Crippen LogP contribution in [0.5, 0.6) is 0 Å². The van der Waals surface area contributed by atoms with E-state index in [2.05, 4.69) is 12.2 Å². The number of amides is 1. The van der Waals surface area contributed by atoms with Gasteiger partial charge in [0, 0.05) is 19.8 Å². The molecule has 2 unspecified atom stereocenters. The summed E-state index contributed by atoms with van der Waals surface area (Å²) in [7, 11) is 0. The van der Waals surface area contributed by atoms with Crippen molar-refractivity contribution in [3.05, 3.63) is 34.9 Å². The van der Waals surface area contributed by atoms with E-state index < -0.39 is 47.6 Å². The number of hydrogen-bond acceptors (Lipinski definition) is 4. The molecule has 1 saturated heterocycles. The van der Waals surface area contributed by atoms with Crippen LogP contribution in [0.25, 0.3) is 0 Å². The quantitative estimate of drug-likeness (QED) is 0.305. The minimum atomic E-state index is -4.97. The van der Waals surface area contributed by atoms with Crippen molar-refractivity contribution in [3.8, 4) is 0 Å². The lowest BCUT2D eigenvalue weighted by Gasteiger charge is -2.33. The summed E-state index contributed by atoms with van der Waals surface area (Å²) in [6.07, 6.45) is -6.15. The maximum atomic E-state index is 13.1. The second-order valence-electron chi connectivity index (χ2n) is 10.3. The molecule has 36 heavy (non-hydrogen) atoms. The number of alkyl halides is 6. The number of aliphatic hydroxyl groups excluding tert-OH is 1. The van der Waals surface area contributed by atoms with Crippen LogP contribution in [0.4, 0.5) is 26.3 Å². The largest absolute Gasteiger partial charge is 0.416 e. The maximum absolute atomic E-state index is 13.1. The zero-order valence-electron chi connectivity index (χ0n) is 20.2. The molecular weight excluding hydrogens is 490 g/mol. The van der Waals surface area contributed by atoms with Gasteiger partial charge in [0.1, 0.15) is 6.23 Å². The first-order chi connectivity index (χ1) is 16.7. The van der Waals surface area contributed by atoms with Gasteiger partial charge in [0.15, 0.2) is 0 Å². The third-order valence-corrected chi connectivity index (χ3v) is 7.92. The van der Waals surface area contributed by atoms with E-state index in [0.717, 1.165) is 38.9 Å². The minimum absolute atomic E-state index is 0.0497. The molecule has 11 heteroatoms. The number of nitrogens with two attached hydrogens (primary N) is 1. The number of carbonyl (C=O) groups excluding carboxylic acids is 1. The zero-order chi connectivity index (χ0) is 26.7. The fraction of sp³-hybridized carbons (Fsp3) is 0.720. The third kappa shape index (κ3) is 6.92. The van der Waals surface area contributed by atoms with Gasteiger partial charge in [0.05, 0.1) is 16.5 Å². The van der Waals surface area contributed by atoms with E-state index in [0.29, 0.717) is 37.3 Å². The smallest absolute Gasteiger partial charge is 0.381 e. The van der Waals surface area contributed by atoms with Gasteiger partial charge in [0.2, 0.25) is 5.91 Å². The third-order valence-electron chi connectivity index (χ3n) is 7.92. The van der Waals surface area contributed by atoms with Crippen LogP contribution in [0.2, 0.25) is 0 Å². The molecule has 1 aliphatic heterocycles. The number of carbonyl (C=O) groups is 1. The lowest BCUT2D eigenvalue weighted by Crippen LogP contribution is -2.51. The van der Waals surface area contributed by atoms with E-state index in [4.69, 9.17) is 10.5 Å². The summed E-state index contributed by atoms with van der Waals surface area (Å²) in [5, 5.41) is 13.4. The molecule has 0 bridgehead atoms. The van der Waals surface area contributed by atoms with Gasteiger partial charge in [-0.2, -0.15) is 26.3 Å². The SMILES string of the molecule is CC(CCC1CCOCC1)[C@@H]1CC[C@](C(N)=O)(C(O)NCc2cc(C(F)(F)F)cc(C(F)(F)F)c2)C1. The number of aliphatic hydroxyl groups is 1. The molecule has 204 valence electrons. The first-order valence-corrected chi connectivity index (χ1v) is 12.3. The number of ether oxygens (including phenoxy) is 1. The Morgan fingerprint density at radius 1 is 1.11 bits per heavy atom. The van der Waals surface area contributed by atoms with Crippen LogP contribution < -0.4 is 11.1 Å². The first-order valence-electron chi connectivity index (χ1n) is 12.3. The number of halogens is 6. The van der Waals surface area contributed by atoms with Gasteiger partial charge in [-0.15, -0.1) is 0 Å². The molecule has 1 aliphatic carbocycles. The van der Waals surface area contributed by atoms with Crippen molar-refractivity contribution in [3.63, 3.8) is 0 Å². The highest BCUT2D eigenvalue weighted by molar-refractivity contribution is 5.81. The molecule has 1 amide bonds. The molecule has 2 fully saturated rings. The molecule has 2 aliphatic rings. The lowest BCUT2D eigenvalue weighted by atomic mass is 9.79. The van der Waals surface area contributed by atoms with Crippen LogP contribution >= 0.6 is 0 Å². The summed E-state index contributed by atoms with van der Waals surface area (Å²) in [6, 6.07) is 1.25. The van der Waals surface area contributed by atoms with Crippen LogP contribution in [-0.4, -0.2) is 30.5 Å². The van der Waals surface area contributed by atoms with Crippen LogP contribution in [0.15, 0.2) is 18.2 Å². The summed E-state index contributed by atoms with van der Waals surface area (Å²) in [6.45, 7) is 3.14. The van der Waals surface area contributed by atoms with Crippen LogP contribution in [0, 0.1) is 23.2 Å². The number of benzene rings is 1. The van der Waals surface area contributed by atoms with Crippen molar-refractivity contribution in [1.82, 2.24) is 5.32 Å². The Kier molecular flexibility index (Phi) is 8.99. The number of nitrogens with one attached hydrogen (secondary N) is 1. The Morgan fingerprint density at radius 3 is 2.22 bits per heavy atom. The molecule has 3 rings (SSSR count). The Morgan fingerprint density at radius 2 is 1.69 bits per heavy atom. The van der Waals surface area contributed by atoms with Gasteiger partial charge in [-0.3, -0.25) is 10.1 Å². The lowest BCUT2D eigenvalue weighted by molar-refractivity contribution is -0.143. The fourth-order valence-electron chi connectivity index (χ4n) is 5.51. The zero-order valence-corrected chi connectivity index (χ0v) is 20.2. The summed E-state index contributed by atoms with van der Waals surface area (Å²) in [4.78, 5) is 12.4. The normalized spacial score (nSPS) is 25.6. The standard InChI is InChI=1S/C25H34F6N2O3/c1-15(2-3-16-5-8-36-9-6-16)18-4-7-23(13-18,21(32)34)22(35)33-14-17-10-19(24(26,27)28)12-20(11-17)25(29,30)31/h10-12,15-16,18,22,33,35H,2-9,13-14H2,1H3,(H2,32,34)/t15?,18-,22?,23+/m1/s1. The highest BCUT2D eigenvalue weighted by Gasteiger charge is 2.50. The average Bonchev–Trinajstić information content (AvgIpc) is 3.27. The molecule has 1 aromatic rings. The van der Waals surface area contributed by atoms with Crippen LogP contribution in [-0.2, 0) is 28.4 Å². The Bertz CT molecular complexity index is 869. The van der Waals surface area contributed by atoms with E-state index in [1.165, 1.54) is 0 Å². The Labute approximate surface area is 206 Å². The number of rotatable bonds is 9. The van der Waals surface area contributed by atoms with Crippen molar-refractivity contribution in [2.24, 2.45) is 28.9 Å². The summed E-state index contributed by atoms with van der Waals surface area (Å²) < 4.78 is 84.2. The summed E-state index contributed by atoms with van der Waals surface area (Å²) in [5.74, 6) is 0.268. The fourth-order valence-corrected chi connectivity index (χ4v) is 5.51. The van der Waals surface area contributed by atoms with E-state index in [9.17, 15) is 36.2 Å². The molecular formula is C25H34F6N2O3. The van der Waals surface area contributed by atoms with Crippen molar-refractivity contribution < 1.29 is 41.0 Å². The number of hydrogen-bond donors (Lipinski definition) is 3. The van der Waals surface area contributed by atoms with Crippen LogP contribution in [0.3, 0.4) is 0 Å². The van der Waals surface area contributed by atoms with Gasteiger partial charge in [0.25, 0.3) is 0 Å². The second kappa shape index (κ2) is 11.3. The number of primary amides is 1. The molecule has 4 atom stereocenters. The van der Waals surface area contributed by atoms with Crippen molar-refractivity contribution in [2.75, 3.05) is 13.2 Å². The Balaban J connectivity index is 1.66. The van der Waals surface area contributed by atoms with Gasteiger partial charge < -0.3 is 15.6 Å². The molecule has 1 saturated carbocycles. The summed E-state index contributed by atoms with van der Waals surface area (Å²) >= 11 is 0. The van der Waals surface area contributed by atoms with Crippen LogP contribution in [0.1, 0.15) is 68.6 Å². The van der Waals surface area contributed by atoms with E-state index in [-0.39, 0.29) is 23.5 Å². The monoisotopic (exact) mass is 524 g/mol. The van der Waals surface area contributed by atoms with Gasteiger partial charge in [-0.25, -0.2) is 0 Å². The Hall–Kier alpha value is -1.85. The predicted molar refractivity (Wildman–Crippen MR) is 120 cm³/mol. The highest BCUT2D eigenvalue weighted by Crippen LogP contribution is 2.48. The topological polar surface area (TPSA) is 84.6 Å². The van der Waals surface area contributed by atoms with Crippen molar-refractivity contribution in [1.29, 1.82) is 0 Å². The van der Waals surface area contributed by atoms with E-state index >= 15 is 0 Å². The summed E-state index contributed by atoms with van der Waals surface area (Å²) in [5.41, 5.74) is 1.14. The maximum Gasteiger partial charge on any atom is 0.416 e. The molecule has 1 heterocycles. The molecule has 5 nitrogen and oxygen atoms in total. The molecule has 0 radical (unpaired) electrons. The minimum Gasteiger partial charge on any atom is -0.381 e. The highest BCUT2D eigenvalue weighted by atomic mass is 19.4. The molecule has 0 aromatic heterocycles. The van der Waals surface area contributed by atoms with Gasteiger partial charge in [-0.05, 0) is 73.6 Å². The average molecular weight is 525 g/mol. The van der Waals surface area contributed by atoms with Crippen molar-refractivity contribution >= 4 is 5.91 Å². The van der Waals surface area contributed by atoms with E-state index in [1.807, 2.05) is 0 Å². The predicted octanol–water partition coefficient (Wildman–Crippen LogP) is 5.25. The van der Waals surface area contributed by atoms with E-state index in [1.54, 1.807) is 0 Å². The second-order valence-corrected chi connectivity index (χ2v) is 10.3. The van der Waals surface area contributed by atoms with Gasteiger partial charge >= 0.3 is 12.4 Å². The first kappa shape index (κ1) is 28.7. The molecule has 1 aromatic carbocycles. The molecule has 0 spiro atoms. The molecule has 4 N–H and O–H groups in total.